The van der Waals surface area contributed by atoms with Crippen molar-refractivity contribution >= 4 is 23.6 Å². The number of rotatable bonds is 10. The van der Waals surface area contributed by atoms with Crippen LogP contribution in [-0.2, 0) is 14.3 Å². The van der Waals surface area contributed by atoms with E-state index in [1.807, 2.05) is 58.6 Å². The van der Waals surface area contributed by atoms with Crippen molar-refractivity contribution in [2.24, 2.45) is 11.8 Å². The summed E-state index contributed by atoms with van der Waals surface area (Å²) in [6.45, 7) is 18.4. The van der Waals surface area contributed by atoms with Crippen molar-refractivity contribution in [3.8, 4) is 5.75 Å². The Morgan fingerprint density at radius 1 is 1.15 bits per heavy atom. The molecule has 0 bridgehead atoms. The van der Waals surface area contributed by atoms with Crippen molar-refractivity contribution in [2.45, 2.75) is 98.8 Å². The highest BCUT2D eigenvalue weighted by Crippen LogP contribution is 2.39. The van der Waals surface area contributed by atoms with Crippen molar-refractivity contribution in [3.05, 3.63) is 23.3 Å². The number of ether oxygens (including phenoxy) is 3. The molecule has 2 aliphatic heterocycles. The van der Waals surface area contributed by atoms with Gasteiger partial charge in [-0.1, -0.05) is 27.7 Å². The monoisotopic (exact) mass is 573 g/mol. The zero-order valence-electron chi connectivity index (χ0n) is 26.6. The van der Waals surface area contributed by atoms with Crippen LogP contribution in [0.4, 0.5) is 10.5 Å². The summed E-state index contributed by atoms with van der Waals surface area (Å²) in [6, 6.07) is 3.60. The molecule has 0 aromatic heterocycles. The summed E-state index contributed by atoms with van der Waals surface area (Å²) in [6.07, 6.45) is 2.31. The van der Waals surface area contributed by atoms with E-state index in [9.17, 15) is 14.4 Å². The third kappa shape index (κ3) is 8.37. The molecule has 2 atom stereocenters. The minimum atomic E-state index is -0.582. The molecule has 2 heterocycles. The van der Waals surface area contributed by atoms with Crippen LogP contribution in [0, 0.1) is 18.8 Å². The number of amides is 3. The van der Waals surface area contributed by atoms with Crippen molar-refractivity contribution in [2.75, 3.05) is 44.8 Å². The van der Waals surface area contributed by atoms with Crippen LogP contribution in [-0.4, -0.2) is 85.3 Å². The predicted octanol–water partition coefficient (Wildman–Crippen LogP) is 5.67. The highest BCUT2D eigenvalue weighted by atomic mass is 16.6. The second kappa shape index (κ2) is 13.9. The average Bonchev–Trinajstić information content (AvgIpc) is 2.88. The van der Waals surface area contributed by atoms with Crippen LogP contribution in [0.2, 0.25) is 0 Å². The van der Waals surface area contributed by atoms with Crippen LogP contribution in [0.25, 0.3) is 0 Å². The third-order valence-corrected chi connectivity index (χ3v) is 7.49. The van der Waals surface area contributed by atoms with Gasteiger partial charge >= 0.3 is 6.09 Å². The highest BCUT2D eigenvalue weighted by Gasteiger charge is 2.38. The maximum atomic E-state index is 14.3. The van der Waals surface area contributed by atoms with Crippen molar-refractivity contribution in [1.29, 1.82) is 0 Å². The van der Waals surface area contributed by atoms with Gasteiger partial charge in [0, 0.05) is 51.5 Å². The zero-order chi connectivity index (χ0) is 30.5. The van der Waals surface area contributed by atoms with E-state index in [-0.39, 0.29) is 35.8 Å². The number of anilines is 1. The van der Waals surface area contributed by atoms with Crippen LogP contribution < -0.4 is 9.64 Å². The van der Waals surface area contributed by atoms with Crippen LogP contribution in [0.1, 0.15) is 90.1 Å². The Hall–Kier alpha value is -2.81. The number of methoxy groups -OCH3 is 1. The quantitative estimate of drug-likeness (QED) is 0.335. The van der Waals surface area contributed by atoms with E-state index >= 15 is 0 Å². The molecule has 230 valence electrons. The Morgan fingerprint density at radius 3 is 2.46 bits per heavy atom. The lowest BCUT2D eigenvalue weighted by molar-refractivity contribution is -0.128. The zero-order valence-corrected chi connectivity index (χ0v) is 26.6. The van der Waals surface area contributed by atoms with E-state index in [1.165, 1.54) is 0 Å². The van der Waals surface area contributed by atoms with Crippen LogP contribution >= 0.6 is 0 Å². The Bertz CT molecular complexity index is 1080. The number of aryl methyl sites for hydroxylation is 1. The number of nitrogens with zero attached hydrogens (tertiary/aromatic N) is 3. The summed E-state index contributed by atoms with van der Waals surface area (Å²) in [5.41, 5.74) is 1.42. The van der Waals surface area contributed by atoms with Crippen molar-refractivity contribution < 1.29 is 28.6 Å². The normalized spacial score (nSPS) is 19.3. The van der Waals surface area contributed by atoms with Gasteiger partial charge in [0.1, 0.15) is 11.4 Å². The van der Waals surface area contributed by atoms with Crippen LogP contribution in [0.3, 0.4) is 0 Å². The molecule has 2 aliphatic rings. The van der Waals surface area contributed by atoms with E-state index in [0.29, 0.717) is 49.8 Å². The summed E-state index contributed by atoms with van der Waals surface area (Å²) in [4.78, 5) is 46.1. The highest BCUT2D eigenvalue weighted by molar-refractivity contribution is 6.03. The molecule has 41 heavy (non-hydrogen) atoms. The number of carbonyl (C=O) groups is 3. The lowest BCUT2D eigenvalue weighted by Gasteiger charge is -2.41. The van der Waals surface area contributed by atoms with Gasteiger partial charge in [0.2, 0.25) is 0 Å². The van der Waals surface area contributed by atoms with E-state index in [1.54, 1.807) is 16.9 Å². The van der Waals surface area contributed by atoms with Gasteiger partial charge in [-0.25, -0.2) is 4.79 Å². The maximum Gasteiger partial charge on any atom is 0.410 e. The van der Waals surface area contributed by atoms with Gasteiger partial charge in [-0.2, -0.15) is 0 Å². The molecule has 1 saturated heterocycles. The number of fused-ring (bicyclic) bond motifs is 1. The van der Waals surface area contributed by atoms with Gasteiger partial charge < -0.3 is 28.9 Å². The SMILES string of the molecule is COCCCCN1C(=O)[C@@H](C(C)C)Oc2cc(C)c(C(=O)N(CC(C)C)[C@@H]3CCCN(C(=O)OC(C)(C)C)C3)cc21. The summed E-state index contributed by atoms with van der Waals surface area (Å²) in [5.74, 6) is 0.717. The molecule has 0 N–H and O–H groups in total. The summed E-state index contributed by atoms with van der Waals surface area (Å²) in [7, 11) is 1.67. The van der Waals surface area contributed by atoms with Crippen LogP contribution in [0.5, 0.6) is 5.75 Å². The fourth-order valence-electron chi connectivity index (χ4n) is 5.48. The molecule has 9 heteroatoms. The molecule has 0 unspecified atom stereocenters. The molecule has 1 aromatic rings. The molecule has 0 radical (unpaired) electrons. The number of carbonyl (C=O) groups excluding carboxylic acids is 3. The number of hydrogen-bond acceptors (Lipinski definition) is 6. The molecule has 0 aliphatic carbocycles. The van der Waals surface area contributed by atoms with E-state index in [4.69, 9.17) is 14.2 Å². The molecule has 0 spiro atoms. The summed E-state index contributed by atoms with van der Waals surface area (Å²) >= 11 is 0. The van der Waals surface area contributed by atoms with Crippen molar-refractivity contribution in [1.82, 2.24) is 9.80 Å². The number of likely N-dealkylation sites (tertiary alicyclic amines) is 1. The molecular weight excluding hydrogens is 522 g/mol. The van der Waals surface area contributed by atoms with Gasteiger partial charge in [-0.15, -0.1) is 0 Å². The minimum absolute atomic E-state index is 0.0134. The van der Waals surface area contributed by atoms with Gasteiger partial charge in [0.25, 0.3) is 11.8 Å². The molecule has 1 aromatic carbocycles. The largest absolute Gasteiger partial charge is 0.478 e. The molecule has 3 rings (SSSR count). The van der Waals surface area contributed by atoms with Gasteiger partial charge in [-0.05, 0) is 82.9 Å². The summed E-state index contributed by atoms with van der Waals surface area (Å²) < 4.78 is 17.0. The maximum absolute atomic E-state index is 14.3. The topological polar surface area (TPSA) is 88.6 Å². The molecule has 3 amide bonds. The lowest BCUT2D eigenvalue weighted by Crippen LogP contribution is -2.53. The second-order valence-electron chi connectivity index (χ2n) is 13.2. The smallest absolute Gasteiger partial charge is 0.410 e. The van der Waals surface area contributed by atoms with E-state index in [0.717, 1.165) is 31.2 Å². The van der Waals surface area contributed by atoms with Crippen molar-refractivity contribution in [3.63, 3.8) is 0 Å². The Labute approximate surface area is 246 Å². The molecule has 9 nitrogen and oxygen atoms in total. The fourth-order valence-corrected chi connectivity index (χ4v) is 5.48. The predicted molar refractivity (Wildman–Crippen MR) is 161 cm³/mol. The first kappa shape index (κ1) is 32.7. The molecule has 0 saturated carbocycles. The Balaban J connectivity index is 1.94. The fraction of sp³-hybridized carbons (Fsp3) is 0.719. The lowest BCUT2D eigenvalue weighted by atomic mass is 9.97. The van der Waals surface area contributed by atoms with Crippen LogP contribution in [0.15, 0.2) is 12.1 Å². The number of piperidine rings is 1. The standard InChI is InChI=1S/C32H51N3O6/c1-21(2)19-35(24-13-12-14-33(20-24)31(38)41-32(6,7)8)29(36)25-18-26-27(17-23(25)5)40-28(22(3)4)30(37)34(26)15-10-11-16-39-9/h17-18,21-22,24,28H,10-16,19-20H2,1-9H3/t24-,28-/m1/s1. The van der Waals surface area contributed by atoms with Gasteiger partial charge in [0.15, 0.2) is 6.10 Å². The van der Waals surface area contributed by atoms with E-state index < -0.39 is 11.7 Å². The molecule has 1 fully saturated rings. The first-order chi connectivity index (χ1) is 19.2. The third-order valence-electron chi connectivity index (χ3n) is 7.49. The Morgan fingerprint density at radius 2 is 1.85 bits per heavy atom. The number of unbranched alkanes of at least 4 members (excludes halogenated alkanes) is 1. The van der Waals surface area contributed by atoms with E-state index in [2.05, 4.69) is 13.8 Å². The second-order valence-corrected chi connectivity index (χ2v) is 13.2. The number of benzene rings is 1. The number of hydrogen-bond donors (Lipinski definition) is 0. The molecular formula is C32H51N3O6. The van der Waals surface area contributed by atoms with Gasteiger partial charge in [-0.3, -0.25) is 9.59 Å². The minimum Gasteiger partial charge on any atom is -0.478 e. The first-order valence-electron chi connectivity index (χ1n) is 15.1. The first-order valence-corrected chi connectivity index (χ1v) is 15.1. The van der Waals surface area contributed by atoms with Gasteiger partial charge in [0.05, 0.1) is 5.69 Å². The summed E-state index contributed by atoms with van der Waals surface area (Å²) in [5, 5.41) is 0. The Kier molecular flexibility index (Phi) is 11.1. The average molecular weight is 574 g/mol.